The Morgan fingerprint density at radius 2 is 1.96 bits per heavy atom. The number of hydrogen-bond acceptors (Lipinski definition) is 8. The van der Waals surface area contributed by atoms with E-state index in [1.807, 2.05) is 19.1 Å². The Bertz CT molecular complexity index is 1130. The highest BCUT2D eigenvalue weighted by atomic mass is 16.6. The van der Waals surface area contributed by atoms with Crippen LogP contribution in [0.25, 0.3) is 11.0 Å². The highest BCUT2D eigenvalue weighted by molar-refractivity contribution is 5.82. The minimum atomic E-state index is -1.43. The van der Waals surface area contributed by atoms with Crippen LogP contribution < -0.4 is 11.2 Å². The molecule has 1 aliphatic heterocycles. The van der Waals surface area contributed by atoms with Crippen molar-refractivity contribution < 1.29 is 24.6 Å². The number of aromatic nitrogens is 3. The summed E-state index contributed by atoms with van der Waals surface area (Å²) < 4.78 is 12.7. The van der Waals surface area contributed by atoms with Crippen molar-refractivity contribution in [3.8, 4) is 0 Å². The molecule has 1 aromatic carbocycles. The molecule has 10 nitrogen and oxygen atoms in total. The topological polar surface area (TPSA) is 140 Å². The fourth-order valence-electron chi connectivity index (χ4n) is 3.40. The molecule has 3 N–H and O–H groups in total. The third kappa shape index (κ3) is 2.87. The molecule has 4 atom stereocenters. The van der Waals surface area contributed by atoms with Crippen molar-refractivity contribution in [1.82, 2.24) is 14.3 Å². The molecule has 0 spiro atoms. The molecule has 1 fully saturated rings. The largest absolute Gasteiger partial charge is 0.394 e. The van der Waals surface area contributed by atoms with Crippen molar-refractivity contribution in [1.29, 1.82) is 0 Å². The number of aryl methyl sites for hydroxylation is 1. The zero-order chi connectivity index (χ0) is 20.0. The van der Waals surface area contributed by atoms with Gasteiger partial charge in [-0.15, -0.1) is 0 Å². The quantitative estimate of drug-likeness (QED) is 0.523. The summed E-state index contributed by atoms with van der Waals surface area (Å²) in [6.45, 7) is 1.21. The first kappa shape index (κ1) is 18.6. The number of benzene rings is 1. The van der Waals surface area contributed by atoms with Crippen LogP contribution in [0.1, 0.15) is 17.5 Å². The van der Waals surface area contributed by atoms with Gasteiger partial charge in [0.05, 0.1) is 13.2 Å². The average molecular weight is 389 g/mol. The van der Waals surface area contributed by atoms with Crippen LogP contribution in [0.5, 0.6) is 0 Å². The van der Waals surface area contributed by atoms with Gasteiger partial charge in [-0.2, -0.15) is 0 Å². The van der Waals surface area contributed by atoms with E-state index in [1.165, 1.54) is 6.20 Å². The minimum Gasteiger partial charge on any atom is -0.394 e. The van der Waals surface area contributed by atoms with E-state index < -0.39 is 42.4 Å². The predicted molar refractivity (Wildman–Crippen MR) is 95.8 cm³/mol. The van der Waals surface area contributed by atoms with Crippen molar-refractivity contribution in [2.45, 2.75) is 38.0 Å². The lowest BCUT2D eigenvalue weighted by Gasteiger charge is -2.18. The molecular weight excluding hydrogens is 370 g/mol. The highest BCUT2D eigenvalue weighted by Gasteiger charge is 2.43. The number of para-hydroxylation sites is 1. The van der Waals surface area contributed by atoms with Crippen molar-refractivity contribution in [2.75, 3.05) is 6.61 Å². The summed E-state index contributed by atoms with van der Waals surface area (Å²) in [7, 11) is 0. The summed E-state index contributed by atoms with van der Waals surface area (Å²) >= 11 is 0. The SMILES string of the molecule is Cc1cccc2c(Cn3c(=O)ccn([C@@H]4O[C@H](CO)[C@H](O)C4O)c3=O)noc12. The second-order valence-corrected chi connectivity index (χ2v) is 6.74. The molecule has 10 heteroatoms. The summed E-state index contributed by atoms with van der Waals surface area (Å²) in [6, 6.07) is 6.63. The van der Waals surface area contributed by atoms with Crippen LogP contribution in [0.15, 0.2) is 44.6 Å². The monoisotopic (exact) mass is 389 g/mol. The van der Waals surface area contributed by atoms with Gasteiger partial charge in [0.15, 0.2) is 11.8 Å². The zero-order valence-electron chi connectivity index (χ0n) is 14.9. The lowest BCUT2D eigenvalue weighted by molar-refractivity contribution is -0.0555. The molecule has 1 saturated heterocycles. The first-order valence-corrected chi connectivity index (χ1v) is 8.70. The van der Waals surface area contributed by atoms with Crippen molar-refractivity contribution in [3.05, 3.63) is 62.6 Å². The number of nitrogens with zero attached hydrogens (tertiary/aromatic N) is 3. The summed E-state index contributed by atoms with van der Waals surface area (Å²) in [6.07, 6.45) is -3.87. The zero-order valence-corrected chi connectivity index (χ0v) is 14.9. The molecule has 2 aromatic heterocycles. The lowest BCUT2D eigenvalue weighted by atomic mass is 10.1. The van der Waals surface area contributed by atoms with Crippen LogP contribution in [-0.2, 0) is 11.3 Å². The third-order valence-corrected chi connectivity index (χ3v) is 4.96. The first-order valence-electron chi connectivity index (χ1n) is 8.70. The summed E-state index contributed by atoms with van der Waals surface area (Å²) in [4.78, 5) is 25.2. The van der Waals surface area contributed by atoms with Gasteiger partial charge < -0.3 is 24.6 Å². The Balaban J connectivity index is 1.75. The Morgan fingerprint density at radius 1 is 1.18 bits per heavy atom. The number of hydrogen-bond donors (Lipinski definition) is 3. The molecule has 1 unspecified atom stereocenters. The van der Waals surface area contributed by atoms with Crippen LogP contribution in [0.3, 0.4) is 0 Å². The number of rotatable bonds is 4. The maximum atomic E-state index is 12.9. The summed E-state index contributed by atoms with van der Waals surface area (Å²) in [5, 5.41) is 34.0. The Kier molecular flexibility index (Phi) is 4.63. The molecule has 0 aliphatic carbocycles. The maximum Gasteiger partial charge on any atom is 0.333 e. The number of ether oxygens (including phenoxy) is 1. The van der Waals surface area contributed by atoms with Gasteiger partial charge in [0, 0.05) is 17.6 Å². The summed E-state index contributed by atoms with van der Waals surface area (Å²) in [5.74, 6) is 0. The smallest absolute Gasteiger partial charge is 0.333 e. The minimum absolute atomic E-state index is 0.135. The normalized spacial score (nSPS) is 24.9. The van der Waals surface area contributed by atoms with E-state index in [4.69, 9.17) is 9.26 Å². The molecule has 0 bridgehead atoms. The number of fused-ring (bicyclic) bond motifs is 1. The maximum absolute atomic E-state index is 12.9. The molecule has 3 heterocycles. The molecule has 3 aromatic rings. The predicted octanol–water partition coefficient (Wildman–Crippen LogP) is -0.881. The van der Waals surface area contributed by atoms with E-state index in [9.17, 15) is 24.9 Å². The van der Waals surface area contributed by atoms with Crippen LogP contribution in [0, 0.1) is 6.92 Å². The van der Waals surface area contributed by atoms with Crippen molar-refractivity contribution in [3.63, 3.8) is 0 Å². The van der Waals surface area contributed by atoms with Gasteiger partial charge >= 0.3 is 5.69 Å². The van der Waals surface area contributed by atoms with Crippen LogP contribution in [0.4, 0.5) is 0 Å². The molecule has 1 aliphatic rings. The molecular formula is C18H19N3O7. The first-order chi connectivity index (χ1) is 13.4. The fraction of sp³-hybridized carbons (Fsp3) is 0.389. The number of aliphatic hydroxyl groups is 3. The Hall–Kier alpha value is -2.79. The van der Waals surface area contributed by atoms with Gasteiger partial charge in [-0.3, -0.25) is 13.9 Å². The van der Waals surface area contributed by atoms with E-state index in [1.54, 1.807) is 6.07 Å². The molecule has 148 valence electrons. The van der Waals surface area contributed by atoms with E-state index in [-0.39, 0.29) is 6.54 Å². The number of aliphatic hydroxyl groups excluding tert-OH is 3. The van der Waals surface area contributed by atoms with Gasteiger partial charge in [-0.05, 0) is 18.6 Å². The Labute approximate surface area is 157 Å². The fourth-order valence-corrected chi connectivity index (χ4v) is 3.40. The van der Waals surface area contributed by atoms with Gasteiger partial charge in [0.2, 0.25) is 0 Å². The summed E-state index contributed by atoms with van der Waals surface area (Å²) in [5.41, 5.74) is 0.561. The van der Waals surface area contributed by atoms with Gasteiger partial charge in [-0.25, -0.2) is 4.79 Å². The van der Waals surface area contributed by atoms with Gasteiger partial charge in [0.1, 0.15) is 24.0 Å². The van der Waals surface area contributed by atoms with E-state index in [2.05, 4.69) is 5.16 Å². The lowest BCUT2D eigenvalue weighted by Crippen LogP contribution is -2.43. The van der Waals surface area contributed by atoms with Crippen LogP contribution >= 0.6 is 0 Å². The van der Waals surface area contributed by atoms with Gasteiger partial charge in [-0.1, -0.05) is 17.3 Å². The molecule has 0 amide bonds. The van der Waals surface area contributed by atoms with Crippen LogP contribution in [0.2, 0.25) is 0 Å². The second kappa shape index (κ2) is 6.99. The molecule has 0 radical (unpaired) electrons. The van der Waals surface area contributed by atoms with Gasteiger partial charge in [0.25, 0.3) is 5.56 Å². The van der Waals surface area contributed by atoms with Crippen molar-refractivity contribution >= 4 is 11.0 Å². The van der Waals surface area contributed by atoms with E-state index in [0.29, 0.717) is 16.7 Å². The van der Waals surface area contributed by atoms with E-state index in [0.717, 1.165) is 20.8 Å². The average Bonchev–Trinajstić information content (AvgIpc) is 3.22. The molecule has 28 heavy (non-hydrogen) atoms. The Morgan fingerprint density at radius 3 is 2.68 bits per heavy atom. The molecule has 0 saturated carbocycles. The molecule has 4 rings (SSSR count). The third-order valence-electron chi connectivity index (χ3n) is 4.96. The van der Waals surface area contributed by atoms with Crippen LogP contribution in [-0.4, -0.2) is 54.5 Å². The highest BCUT2D eigenvalue weighted by Crippen LogP contribution is 2.28. The van der Waals surface area contributed by atoms with Crippen molar-refractivity contribution in [2.24, 2.45) is 0 Å². The van der Waals surface area contributed by atoms with E-state index >= 15 is 0 Å². The standard InChI is InChI=1S/C18H19N3O7/c1-9-3-2-4-10-11(19-28-16(9)10)7-21-13(23)5-6-20(18(21)26)17-15(25)14(24)12(8-22)27-17/h2-6,12,14-15,17,22,24-25H,7-8H2,1H3/t12-,14+,15?,17-/m1/s1. The second-order valence-electron chi connectivity index (χ2n) is 6.74.